The zero-order valence-corrected chi connectivity index (χ0v) is 15.2. The van der Waals surface area contributed by atoms with E-state index in [1.807, 2.05) is 13.0 Å². The molecule has 24 heavy (non-hydrogen) atoms. The smallest absolute Gasteiger partial charge is 0.240 e. The van der Waals surface area contributed by atoms with Crippen LogP contribution in [0.1, 0.15) is 55.3 Å². The van der Waals surface area contributed by atoms with Gasteiger partial charge in [0.15, 0.2) is 0 Å². The van der Waals surface area contributed by atoms with Gasteiger partial charge in [-0.25, -0.2) is 0 Å². The lowest BCUT2D eigenvalue weighted by molar-refractivity contribution is -0.127. The van der Waals surface area contributed by atoms with Gasteiger partial charge in [-0.05, 0) is 50.3 Å². The Bertz CT molecular complexity index is 607. The van der Waals surface area contributed by atoms with E-state index in [-0.39, 0.29) is 24.4 Å². The predicted octanol–water partition coefficient (Wildman–Crippen LogP) is 2.13. The number of hydrogen-bond donors (Lipinski definition) is 3. The van der Waals surface area contributed by atoms with E-state index in [2.05, 4.69) is 41.9 Å². The first-order chi connectivity index (χ1) is 11.4. The van der Waals surface area contributed by atoms with Gasteiger partial charge < -0.3 is 10.6 Å². The van der Waals surface area contributed by atoms with Crippen LogP contribution >= 0.6 is 0 Å². The normalized spacial score (nSPS) is 17.3. The third-order valence-corrected chi connectivity index (χ3v) is 5.11. The van der Waals surface area contributed by atoms with Crippen LogP contribution in [0.2, 0.25) is 0 Å². The van der Waals surface area contributed by atoms with Crippen molar-refractivity contribution < 1.29 is 9.59 Å². The number of amides is 2. The standard InChI is InChI=1S/C19H29N3O2/c1-13-7-8-16(11-14(13)2)15(3)22-17(23)12-21-19(18(24)20-4)9-5-6-10-19/h7-8,11,15,21H,5-6,9-10,12H2,1-4H3,(H,20,24)(H,22,23). The molecule has 2 rings (SSSR count). The SMILES string of the molecule is CNC(=O)C1(NCC(=O)NC(C)c2ccc(C)c(C)c2)CCCC1. The summed E-state index contributed by atoms with van der Waals surface area (Å²) < 4.78 is 0. The van der Waals surface area contributed by atoms with Crippen molar-refractivity contribution in [3.8, 4) is 0 Å². The zero-order valence-electron chi connectivity index (χ0n) is 15.2. The highest BCUT2D eigenvalue weighted by atomic mass is 16.2. The Morgan fingerprint density at radius 2 is 1.83 bits per heavy atom. The maximum Gasteiger partial charge on any atom is 0.240 e. The van der Waals surface area contributed by atoms with Gasteiger partial charge in [-0.3, -0.25) is 14.9 Å². The summed E-state index contributed by atoms with van der Waals surface area (Å²) >= 11 is 0. The minimum Gasteiger partial charge on any atom is -0.358 e. The van der Waals surface area contributed by atoms with E-state index in [0.29, 0.717) is 0 Å². The van der Waals surface area contributed by atoms with Gasteiger partial charge in [-0.15, -0.1) is 0 Å². The predicted molar refractivity (Wildman–Crippen MR) is 95.7 cm³/mol. The van der Waals surface area contributed by atoms with Crippen molar-refractivity contribution in [2.45, 2.75) is 58.0 Å². The summed E-state index contributed by atoms with van der Waals surface area (Å²) in [4.78, 5) is 24.4. The van der Waals surface area contributed by atoms with E-state index in [1.54, 1.807) is 7.05 Å². The molecule has 132 valence electrons. The third kappa shape index (κ3) is 4.15. The first-order valence-electron chi connectivity index (χ1n) is 8.72. The molecule has 5 nitrogen and oxygen atoms in total. The molecule has 0 heterocycles. The molecule has 1 aliphatic rings. The van der Waals surface area contributed by atoms with Crippen LogP contribution in [0.25, 0.3) is 0 Å². The Balaban J connectivity index is 1.92. The topological polar surface area (TPSA) is 70.2 Å². The molecule has 0 aliphatic heterocycles. The molecule has 1 aromatic rings. The first kappa shape index (κ1) is 18.5. The Morgan fingerprint density at radius 3 is 2.42 bits per heavy atom. The van der Waals surface area contributed by atoms with Gasteiger partial charge in [0.05, 0.1) is 18.1 Å². The Morgan fingerprint density at radius 1 is 1.17 bits per heavy atom. The molecule has 0 saturated heterocycles. The van der Waals surface area contributed by atoms with E-state index in [1.165, 1.54) is 11.1 Å². The quantitative estimate of drug-likeness (QED) is 0.748. The molecule has 1 aliphatic carbocycles. The monoisotopic (exact) mass is 331 g/mol. The average Bonchev–Trinajstić information content (AvgIpc) is 3.05. The molecule has 1 saturated carbocycles. The highest BCUT2D eigenvalue weighted by molar-refractivity contribution is 5.87. The summed E-state index contributed by atoms with van der Waals surface area (Å²) in [5, 5.41) is 8.92. The highest BCUT2D eigenvalue weighted by Crippen LogP contribution is 2.29. The van der Waals surface area contributed by atoms with Crippen molar-refractivity contribution in [3.05, 3.63) is 34.9 Å². The molecule has 2 amide bonds. The van der Waals surface area contributed by atoms with E-state index in [9.17, 15) is 9.59 Å². The number of aryl methyl sites for hydroxylation is 2. The van der Waals surface area contributed by atoms with Crippen molar-refractivity contribution in [3.63, 3.8) is 0 Å². The lowest BCUT2D eigenvalue weighted by Crippen LogP contribution is -2.56. The minimum absolute atomic E-state index is 0.0185. The molecule has 1 atom stereocenters. The maximum absolute atomic E-state index is 12.3. The second-order valence-electron chi connectivity index (χ2n) is 6.85. The number of carbonyl (C=O) groups excluding carboxylic acids is 2. The van der Waals surface area contributed by atoms with Gasteiger partial charge in [0.1, 0.15) is 0 Å². The summed E-state index contributed by atoms with van der Waals surface area (Å²) in [5.41, 5.74) is 2.97. The molecular formula is C19H29N3O2. The molecule has 0 aromatic heterocycles. The lowest BCUT2D eigenvalue weighted by Gasteiger charge is -2.28. The van der Waals surface area contributed by atoms with Gasteiger partial charge in [-0.1, -0.05) is 31.0 Å². The van der Waals surface area contributed by atoms with Gasteiger partial charge in [0, 0.05) is 7.05 Å². The maximum atomic E-state index is 12.3. The summed E-state index contributed by atoms with van der Waals surface area (Å²) in [5.74, 6) is -0.106. The van der Waals surface area contributed by atoms with Crippen LogP contribution in [0.5, 0.6) is 0 Å². The lowest BCUT2D eigenvalue weighted by atomic mass is 9.96. The van der Waals surface area contributed by atoms with Crippen molar-refractivity contribution in [2.75, 3.05) is 13.6 Å². The summed E-state index contributed by atoms with van der Waals surface area (Å²) in [6.07, 6.45) is 3.60. The van der Waals surface area contributed by atoms with Gasteiger partial charge >= 0.3 is 0 Å². The summed E-state index contributed by atoms with van der Waals surface area (Å²) in [6, 6.07) is 6.17. The van der Waals surface area contributed by atoms with Crippen LogP contribution in [0.4, 0.5) is 0 Å². The molecule has 0 radical (unpaired) electrons. The Hall–Kier alpha value is -1.88. The van der Waals surface area contributed by atoms with Gasteiger partial charge in [0.2, 0.25) is 11.8 Å². The number of likely N-dealkylation sites (N-methyl/N-ethyl adjacent to an activating group) is 1. The molecule has 0 bridgehead atoms. The number of hydrogen-bond acceptors (Lipinski definition) is 3. The van der Waals surface area contributed by atoms with Crippen molar-refractivity contribution in [1.82, 2.24) is 16.0 Å². The number of rotatable bonds is 6. The third-order valence-electron chi connectivity index (χ3n) is 5.11. The van der Waals surface area contributed by atoms with Gasteiger partial charge in [0.25, 0.3) is 0 Å². The van der Waals surface area contributed by atoms with E-state index in [0.717, 1.165) is 31.2 Å². The number of nitrogens with one attached hydrogen (secondary N) is 3. The summed E-state index contributed by atoms with van der Waals surface area (Å²) in [6.45, 7) is 6.28. The second-order valence-corrected chi connectivity index (χ2v) is 6.85. The van der Waals surface area contributed by atoms with Crippen LogP contribution in [-0.2, 0) is 9.59 Å². The molecule has 0 spiro atoms. The van der Waals surface area contributed by atoms with E-state index < -0.39 is 5.54 Å². The fourth-order valence-corrected chi connectivity index (χ4v) is 3.36. The summed E-state index contributed by atoms with van der Waals surface area (Å²) in [7, 11) is 1.64. The zero-order chi connectivity index (χ0) is 17.7. The van der Waals surface area contributed by atoms with Crippen LogP contribution < -0.4 is 16.0 Å². The van der Waals surface area contributed by atoms with Gasteiger partial charge in [-0.2, -0.15) is 0 Å². The van der Waals surface area contributed by atoms with Crippen LogP contribution in [0, 0.1) is 13.8 Å². The Labute approximate surface area is 144 Å². The van der Waals surface area contributed by atoms with Crippen LogP contribution in [-0.4, -0.2) is 30.9 Å². The molecular weight excluding hydrogens is 302 g/mol. The molecule has 1 unspecified atom stereocenters. The van der Waals surface area contributed by atoms with E-state index in [4.69, 9.17) is 0 Å². The van der Waals surface area contributed by atoms with Crippen LogP contribution in [0.3, 0.4) is 0 Å². The number of carbonyl (C=O) groups is 2. The van der Waals surface area contributed by atoms with Crippen LogP contribution in [0.15, 0.2) is 18.2 Å². The minimum atomic E-state index is -0.588. The average molecular weight is 331 g/mol. The molecule has 1 aromatic carbocycles. The van der Waals surface area contributed by atoms with Crippen molar-refractivity contribution in [2.24, 2.45) is 0 Å². The van der Waals surface area contributed by atoms with E-state index >= 15 is 0 Å². The molecule has 3 N–H and O–H groups in total. The molecule has 1 fully saturated rings. The Kier molecular flexibility index (Phi) is 5.99. The fourth-order valence-electron chi connectivity index (χ4n) is 3.36. The second kappa shape index (κ2) is 7.79. The molecule has 5 heteroatoms. The van der Waals surface area contributed by atoms with Crippen molar-refractivity contribution in [1.29, 1.82) is 0 Å². The first-order valence-corrected chi connectivity index (χ1v) is 8.72. The highest BCUT2D eigenvalue weighted by Gasteiger charge is 2.40. The fraction of sp³-hybridized carbons (Fsp3) is 0.579. The largest absolute Gasteiger partial charge is 0.358 e. The van der Waals surface area contributed by atoms with Crippen molar-refractivity contribution >= 4 is 11.8 Å². The number of benzene rings is 1.